The molecule has 0 aromatic heterocycles. The molecule has 0 spiro atoms. The van der Waals surface area contributed by atoms with Crippen molar-refractivity contribution in [2.24, 2.45) is 0 Å². The Bertz CT molecular complexity index is 264. The van der Waals surface area contributed by atoms with E-state index in [2.05, 4.69) is 0 Å². The maximum Gasteiger partial charge on any atom is 0.208 e. The summed E-state index contributed by atoms with van der Waals surface area (Å²) in [6.07, 6.45) is 0. The van der Waals surface area contributed by atoms with Crippen LogP contribution in [0.3, 0.4) is 0 Å². The van der Waals surface area contributed by atoms with E-state index in [-0.39, 0.29) is 0 Å². The van der Waals surface area contributed by atoms with Crippen LogP contribution in [0, 0.1) is 11.0 Å². The molecule has 0 amide bonds. The molecule has 0 aliphatic heterocycles. The van der Waals surface area contributed by atoms with Crippen molar-refractivity contribution in [3.05, 3.63) is 29.2 Å². The van der Waals surface area contributed by atoms with Crippen LogP contribution in [0.1, 0.15) is 0 Å². The fourth-order valence-corrected chi connectivity index (χ4v) is 0.680. The number of benzene rings is 1. The van der Waals surface area contributed by atoms with Gasteiger partial charge in [-0.1, -0.05) is 0 Å². The van der Waals surface area contributed by atoms with Crippen molar-refractivity contribution in [1.82, 2.24) is 0 Å². The Kier molecular flexibility index (Phi) is 2.04. The number of halogens is 1. The van der Waals surface area contributed by atoms with E-state index in [0.717, 1.165) is 18.2 Å². The molecule has 0 aliphatic carbocycles. The molecular weight excluding hydrogens is 153 g/mol. The normalized spacial score (nSPS) is 13.0. The van der Waals surface area contributed by atoms with Gasteiger partial charge >= 0.3 is 0 Å². The lowest BCUT2D eigenvalue weighted by atomic mass is 10.3. The monoisotopic (exact) mass is 159 g/mol. The maximum atomic E-state index is 12.3. The fraction of sp³-hybridized carbons (Fsp3) is 0. The van der Waals surface area contributed by atoms with Crippen LogP contribution in [0.2, 0.25) is 0 Å². The predicted molar refractivity (Wildman–Crippen MR) is 33.8 cm³/mol. The van der Waals surface area contributed by atoms with E-state index in [1.165, 1.54) is 0 Å². The first-order valence-corrected chi connectivity index (χ1v) is 2.83. The lowest BCUT2D eigenvalue weighted by Gasteiger charge is -2.11. The Balaban J connectivity index is 3.13. The van der Waals surface area contributed by atoms with E-state index in [0.29, 0.717) is 0 Å². The smallest absolute Gasteiger partial charge is 0.208 e. The summed E-state index contributed by atoms with van der Waals surface area (Å²) in [5.41, 5.74) is -0.426. The van der Waals surface area contributed by atoms with E-state index in [9.17, 15) is 9.60 Å². The van der Waals surface area contributed by atoms with E-state index in [1.54, 1.807) is 0 Å². The Morgan fingerprint density at radius 3 is 2.55 bits per heavy atom. The lowest BCUT2D eigenvalue weighted by molar-refractivity contribution is -0.991. The molecule has 0 fully saturated rings. The zero-order valence-corrected chi connectivity index (χ0v) is 5.41. The third kappa shape index (κ3) is 1.64. The molecule has 1 aromatic rings. The van der Waals surface area contributed by atoms with E-state index < -0.39 is 22.5 Å². The summed E-state index contributed by atoms with van der Waals surface area (Å²) >= 11 is 0. The van der Waals surface area contributed by atoms with Gasteiger partial charge in [-0.25, -0.2) is 9.60 Å². The van der Waals surface area contributed by atoms with Crippen LogP contribution >= 0.6 is 0 Å². The van der Waals surface area contributed by atoms with Gasteiger partial charge in [0, 0.05) is 6.07 Å². The number of phenols is 1. The second-order valence-corrected chi connectivity index (χ2v) is 1.97. The predicted octanol–water partition coefficient (Wildman–Crippen LogP) is -0.0653. The van der Waals surface area contributed by atoms with Crippen LogP contribution < -0.4 is 5.23 Å². The number of hydrogen-bond donors (Lipinski definition) is 3. The molecule has 1 atom stereocenters. The molecule has 0 aliphatic rings. The van der Waals surface area contributed by atoms with Crippen molar-refractivity contribution in [3.8, 4) is 5.75 Å². The molecule has 5 heteroatoms. The minimum Gasteiger partial charge on any atom is -0.595 e. The van der Waals surface area contributed by atoms with E-state index in [1.807, 2.05) is 0 Å². The van der Waals surface area contributed by atoms with Gasteiger partial charge in [0.1, 0.15) is 5.82 Å². The topological polar surface area (TPSA) is 68.0 Å². The zero-order chi connectivity index (χ0) is 8.43. The molecule has 11 heavy (non-hydrogen) atoms. The number of rotatable bonds is 1. The summed E-state index contributed by atoms with van der Waals surface area (Å²) < 4.78 is 12.3. The number of aromatic hydroxyl groups is 1. The summed E-state index contributed by atoms with van der Waals surface area (Å²) in [7, 11) is 0. The van der Waals surface area contributed by atoms with Gasteiger partial charge in [-0.3, -0.25) is 0 Å². The van der Waals surface area contributed by atoms with Crippen molar-refractivity contribution >= 4 is 5.69 Å². The summed E-state index contributed by atoms with van der Waals surface area (Å²) in [5.74, 6) is -1.11. The highest BCUT2D eigenvalue weighted by Gasteiger charge is 2.07. The van der Waals surface area contributed by atoms with Gasteiger partial charge in [0.15, 0.2) is 5.75 Å². The minimum absolute atomic E-state index is 0.426. The summed E-state index contributed by atoms with van der Waals surface area (Å²) in [5, 5.41) is 26.1. The number of hydrogen-bond acceptors (Lipinski definition) is 3. The van der Waals surface area contributed by atoms with Crippen LogP contribution in [0.15, 0.2) is 18.2 Å². The van der Waals surface area contributed by atoms with Gasteiger partial charge in [-0.15, -0.1) is 0 Å². The van der Waals surface area contributed by atoms with Gasteiger partial charge < -0.3 is 10.3 Å². The highest BCUT2D eigenvalue weighted by Crippen LogP contribution is 2.18. The summed E-state index contributed by atoms with van der Waals surface area (Å²) in [4.78, 5) is 0. The van der Waals surface area contributed by atoms with Crippen LogP contribution in [0.25, 0.3) is 0 Å². The number of phenolic OH excluding ortho intramolecular Hbond substituents is 1. The molecule has 0 bridgehead atoms. The van der Waals surface area contributed by atoms with Crippen molar-refractivity contribution in [1.29, 1.82) is 0 Å². The molecule has 3 N–H and O–H groups in total. The summed E-state index contributed by atoms with van der Waals surface area (Å²) in [6.45, 7) is 0. The van der Waals surface area contributed by atoms with E-state index >= 15 is 0 Å². The zero-order valence-electron chi connectivity index (χ0n) is 5.41. The molecule has 0 heterocycles. The van der Waals surface area contributed by atoms with Gasteiger partial charge in [0.25, 0.3) is 0 Å². The highest BCUT2D eigenvalue weighted by atomic mass is 19.1. The average Bonchev–Trinajstić information content (AvgIpc) is 1.94. The van der Waals surface area contributed by atoms with Gasteiger partial charge in [-0.05, 0) is 12.1 Å². The van der Waals surface area contributed by atoms with Crippen LogP contribution in [-0.2, 0) is 0 Å². The van der Waals surface area contributed by atoms with E-state index in [4.69, 9.17) is 10.3 Å². The van der Waals surface area contributed by atoms with Gasteiger partial charge in [0.05, 0.1) is 0 Å². The van der Waals surface area contributed by atoms with Crippen LogP contribution in [0.4, 0.5) is 10.1 Å². The molecule has 0 radical (unpaired) electrons. The lowest BCUT2D eigenvalue weighted by Crippen LogP contribution is -2.99. The molecule has 0 saturated heterocycles. The van der Waals surface area contributed by atoms with Crippen LogP contribution in [-0.4, -0.2) is 10.3 Å². The Hall–Kier alpha value is -1.17. The van der Waals surface area contributed by atoms with Gasteiger partial charge in [0.2, 0.25) is 5.69 Å². The second-order valence-electron chi connectivity index (χ2n) is 1.97. The molecule has 1 unspecified atom stereocenters. The number of quaternary nitrogens is 1. The average molecular weight is 159 g/mol. The second kappa shape index (κ2) is 2.83. The third-order valence-electron chi connectivity index (χ3n) is 1.19. The maximum absolute atomic E-state index is 12.3. The van der Waals surface area contributed by atoms with Crippen LogP contribution in [0.5, 0.6) is 5.75 Å². The molecule has 60 valence electrons. The molecule has 1 rings (SSSR count). The van der Waals surface area contributed by atoms with Gasteiger partial charge in [-0.2, -0.15) is 5.23 Å². The first-order valence-electron chi connectivity index (χ1n) is 2.83. The standard InChI is InChI=1S/C6H6FNO3/c7-4-1-2-6(9)5(3-4)8(10)11/h1-3,8-10H. The fourth-order valence-electron chi connectivity index (χ4n) is 0.680. The molecular formula is C6H6FNO3. The van der Waals surface area contributed by atoms with Crippen molar-refractivity contribution < 1.29 is 19.9 Å². The number of nitrogens with one attached hydrogen (secondary N) is 1. The first-order chi connectivity index (χ1) is 5.11. The SMILES string of the molecule is [O-][NH+](O)c1cc(F)ccc1O. The third-order valence-corrected chi connectivity index (χ3v) is 1.19. The molecule has 4 nitrogen and oxygen atoms in total. The highest BCUT2D eigenvalue weighted by molar-refractivity contribution is 5.44. The first kappa shape index (κ1) is 7.93. The van der Waals surface area contributed by atoms with Crippen molar-refractivity contribution in [2.45, 2.75) is 0 Å². The Labute approximate surface area is 61.6 Å². The largest absolute Gasteiger partial charge is 0.595 e. The minimum atomic E-state index is -1.35. The Morgan fingerprint density at radius 1 is 1.45 bits per heavy atom. The molecule has 1 aromatic carbocycles. The quantitative estimate of drug-likeness (QED) is 0.397. The Morgan fingerprint density at radius 2 is 2.09 bits per heavy atom. The van der Waals surface area contributed by atoms with Crippen molar-refractivity contribution in [2.75, 3.05) is 0 Å². The van der Waals surface area contributed by atoms with Crippen molar-refractivity contribution in [3.63, 3.8) is 0 Å². The molecule has 0 saturated carbocycles. The summed E-state index contributed by atoms with van der Waals surface area (Å²) in [6, 6.07) is 2.75.